The fraction of sp³-hybridized carbons (Fsp3) is 0.333. The summed E-state index contributed by atoms with van der Waals surface area (Å²) in [6.07, 6.45) is -0.723. The normalized spacial score (nSPS) is 12.5. The summed E-state index contributed by atoms with van der Waals surface area (Å²) in [5.41, 5.74) is 7.67. The molecule has 11 heavy (non-hydrogen) atoms. The molecule has 60 valence electrons. The highest BCUT2D eigenvalue weighted by molar-refractivity contribution is 7.07. The van der Waals surface area contributed by atoms with E-state index in [9.17, 15) is 4.79 Å². The van der Waals surface area contributed by atoms with E-state index in [1.807, 2.05) is 0 Å². The van der Waals surface area contributed by atoms with E-state index in [1.165, 1.54) is 18.3 Å². The highest BCUT2D eigenvalue weighted by atomic mass is 32.1. The molecule has 0 bridgehead atoms. The van der Waals surface area contributed by atoms with Crippen LogP contribution in [0.1, 0.15) is 18.8 Å². The van der Waals surface area contributed by atoms with Crippen LogP contribution in [0.3, 0.4) is 0 Å². The van der Waals surface area contributed by atoms with Crippen LogP contribution in [0.4, 0.5) is 0 Å². The second-order valence-electron chi connectivity index (χ2n) is 1.94. The Bertz CT molecular complexity index is 235. The van der Waals surface area contributed by atoms with E-state index >= 15 is 0 Å². The molecule has 0 fully saturated rings. The first-order valence-corrected chi connectivity index (χ1v) is 3.95. The van der Waals surface area contributed by atoms with E-state index < -0.39 is 12.2 Å². The van der Waals surface area contributed by atoms with Crippen LogP contribution < -0.4 is 5.73 Å². The van der Waals surface area contributed by atoms with E-state index in [0.717, 1.165) is 0 Å². The summed E-state index contributed by atoms with van der Waals surface area (Å²) >= 11 is 1.41. The monoisotopic (exact) mass is 172 g/mol. The lowest BCUT2D eigenvalue weighted by atomic mass is 10.4. The number of nitrogens with zero attached hydrogens (tertiary/aromatic N) is 1. The van der Waals surface area contributed by atoms with Gasteiger partial charge in [-0.1, -0.05) is 0 Å². The largest absolute Gasteiger partial charge is 0.441 e. The Hall–Kier alpha value is -0.940. The Kier molecular flexibility index (Phi) is 2.56. The molecule has 1 aromatic heterocycles. The predicted octanol–water partition coefficient (Wildman–Crippen LogP) is 0.663. The topological polar surface area (TPSA) is 65.2 Å². The molecule has 0 radical (unpaired) electrons. The number of thiazole rings is 1. The smallest absolute Gasteiger partial charge is 0.304 e. The molecule has 0 aliphatic carbocycles. The molecule has 1 rings (SSSR count). The summed E-state index contributed by atoms with van der Waals surface area (Å²) < 4.78 is 4.68. The molecule has 1 heterocycles. The number of hydrogen-bond donors (Lipinski definition) is 1. The summed E-state index contributed by atoms with van der Waals surface area (Å²) in [6, 6.07) is 0. The number of carbonyl (C=O) groups excluding carboxylic acids is 1. The zero-order valence-electron chi connectivity index (χ0n) is 5.98. The van der Waals surface area contributed by atoms with Gasteiger partial charge < -0.3 is 4.74 Å². The molecule has 4 nitrogen and oxygen atoms in total. The molecule has 0 saturated carbocycles. The number of esters is 1. The van der Waals surface area contributed by atoms with Gasteiger partial charge in [-0.3, -0.25) is 10.5 Å². The quantitative estimate of drug-likeness (QED) is 0.525. The molecular weight excluding hydrogens is 164 g/mol. The number of carbonyl (C=O) groups is 1. The van der Waals surface area contributed by atoms with Gasteiger partial charge in [0.05, 0.1) is 5.51 Å². The first kappa shape index (κ1) is 8.16. The first-order valence-electron chi connectivity index (χ1n) is 3.01. The highest BCUT2D eigenvalue weighted by Crippen LogP contribution is 2.10. The van der Waals surface area contributed by atoms with Crippen molar-refractivity contribution in [2.45, 2.75) is 13.2 Å². The van der Waals surface area contributed by atoms with Crippen LogP contribution in [0.2, 0.25) is 0 Å². The summed E-state index contributed by atoms with van der Waals surface area (Å²) in [6.45, 7) is 1.31. The van der Waals surface area contributed by atoms with Crippen molar-refractivity contribution < 1.29 is 9.53 Å². The van der Waals surface area contributed by atoms with E-state index in [1.54, 1.807) is 10.9 Å². The SMILES string of the molecule is CC(=O)OC(N)c1cscn1. The Balaban J connectivity index is 2.56. The molecule has 1 unspecified atom stereocenters. The van der Waals surface area contributed by atoms with Crippen molar-refractivity contribution in [2.75, 3.05) is 0 Å². The van der Waals surface area contributed by atoms with Crippen LogP contribution in [0.25, 0.3) is 0 Å². The Morgan fingerprint density at radius 3 is 3.09 bits per heavy atom. The van der Waals surface area contributed by atoms with E-state index in [2.05, 4.69) is 9.72 Å². The van der Waals surface area contributed by atoms with E-state index in [4.69, 9.17) is 5.73 Å². The molecule has 1 atom stereocenters. The molecule has 5 heteroatoms. The Morgan fingerprint density at radius 1 is 1.91 bits per heavy atom. The molecule has 1 aromatic rings. The highest BCUT2D eigenvalue weighted by Gasteiger charge is 2.09. The average Bonchev–Trinajstić information content (AvgIpc) is 2.35. The molecule has 0 aromatic carbocycles. The molecule has 0 saturated heterocycles. The lowest BCUT2D eigenvalue weighted by molar-refractivity contribution is -0.146. The molecule has 0 aliphatic rings. The first-order chi connectivity index (χ1) is 5.20. The van der Waals surface area contributed by atoms with E-state index in [0.29, 0.717) is 5.69 Å². The number of rotatable bonds is 2. The van der Waals surface area contributed by atoms with E-state index in [-0.39, 0.29) is 0 Å². The maximum Gasteiger partial charge on any atom is 0.304 e. The van der Waals surface area contributed by atoms with Gasteiger partial charge >= 0.3 is 5.97 Å². The standard InChI is InChI=1S/C6H8N2O2S/c1-4(9)10-6(7)5-2-11-3-8-5/h2-3,6H,7H2,1H3. The van der Waals surface area contributed by atoms with Gasteiger partial charge in [0.1, 0.15) is 5.69 Å². The molecule has 0 spiro atoms. The average molecular weight is 172 g/mol. The summed E-state index contributed by atoms with van der Waals surface area (Å²) in [5, 5.41) is 1.74. The van der Waals surface area contributed by atoms with Gasteiger partial charge in [-0.25, -0.2) is 4.98 Å². The van der Waals surface area contributed by atoms with Crippen LogP contribution in [-0.2, 0) is 9.53 Å². The van der Waals surface area contributed by atoms with Gasteiger partial charge in [-0.15, -0.1) is 11.3 Å². The molecule has 0 amide bonds. The summed E-state index contributed by atoms with van der Waals surface area (Å²) in [5.74, 6) is -0.398. The van der Waals surface area contributed by atoms with Crippen molar-refractivity contribution in [1.82, 2.24) is 4.98 Å². The molecule has 2 N–H and O–H groups in total. The van der Waals surface area contributed by atoms with Gasteiger partial charge in [0.2, 0.25) is 0 Å². The van der Waals surface area contributed by atoms with Gasteiger partial charge in [0, 0.05) is 12.3 Å². The van der Waals surface area contributed by atoms with Gasteiger partial charge in [-0.05, 0) is 0 Å². The molecule has 0 aliphatic heterocycles. The minimum atomic E-state index is -0.723. The fourth-order valence-electron chi connectivity index (χ4n) is 0.602. The van der Waals surface area contributed by atoms with Gasteiger partial charge in [-0.2, -0.15) is 0 Å². The van der Waals surface area contributed by atoms with Gasteiger partial charge in [0.25, 0.3) is 0 Å². The zero-order valence-corrected chi connectivity index (χ0v) is 6.80. The lowest BCUT2D eigenvalue weighted by Crippen LogP contribution is -2.17. The number of nitrogens with two attached hydrogens (primary N) is 1. The van der Waals surface area contributed by atoms with Crippen molar-refractivity contribution in [1.29, 1.82) is 0 Å². The Labute approximate surface area is 68.0 Å². The number of aromatic nitrogens is 1. The third-order valence-corrected chi connectivity index (χ3v) is 1.64. The third kappa shape index (κ3) is 2.28. The second-order valence-corrected chi connectivity index (χ2v) is 2.66. The zero-order chi connectivity index (χ0) is 8.27. The summed E-state index contributed by atoms with van der Waals surface area (Å²) in [7, 11) is 0. The van der Waals surface area contributed by atoms with Crippen molar-refractivity contribution in [2.24, 2.45) is 5.73 Å². The van der Waals surface area contributed by atoms with Crippen LogP contribution in [0.5, 0.6) is 0 Å². The van der Waals surface area contributed by atoms with Crippen LogP contribution in [-0.4, -0.2) is 11.0 Å². The van der Waals surface area contributed by atoms with Crippen LogP contribution in [0, 0.1) is 0 Å². The maximum atomic E-state index is 10.4. The molecular formula is C6H8N2O2S. The van der Waals surface area contributed by atoms with Gasteiger partial charge in [0.15, 0.2) is 6.23 Å². The maximum absolute atomic E-state index is 10.4. The third-order valence-electron chi connectivity index (χ3n) is 1.04. The van der Waals surface area contributed by atoms with Crippen LogP contribution in [0.15, 0.2) is 10.9 Å². The van der Waals surface area contributed by atoms with Crippen molar-refractivity contribution >= 4 is 17.3 Å². The predicted molar refractivity (Wildman–Crippen MR) is 40.8 cm³/mol. The summed E-state index contributed by atoms with van der Waals surface area (Å²) in [4.78, 5) is 14.3. The van der Waals surface area contributed by atoms with Crippen molar-refractivity contribution in [3.63, 3.8) is 0 Å². The van der Waals surface area contributed by atoms with Crippen LogP contribution >= 0.6 is 11.3 Å². The van der Waals surface area contributed by atoms with Crippen molar-refractivity contribution in [3.8, 4) is 0 Å². The lowest BCUT2D eigenvalue weighted by Gasteiger charge is -2.07. The minimum Gasteiger partial charge on any atom is -0.441 e. The van der Waals surface area contributed by atoms with Crippen molar-refractivity contribution in [3.05, 3.63) is 16.6 Å². The fourth-order valence-corrected chi connectivity index (χ4v) is 1.18. The minimum absolute atomic E-state index is 0.398. The Morgan fingerprint density at radius 2 is 2.64 bits per heavy atom. The second kappa shape index (κ2) is 3.45. The number of ether oxygens (including phenoxy) is 1. The number of hydrogen-bond acceptors (Lipinski definition) is 5.